The second-order valence-electron chi connectivity index (χ2n) is 3.03. The highest BCUT2D eigenvalue weighted by Crippen LogP contribution is 2.31. The molecule has 70 valence electrons. The summed E-state index contributed by atoms with van der Waals surface area (Å²) < 4.78 is 0. The van der Waals surface area contributed by atoms with E-state index >= 15 is 0 Å². The first-order chi connectivity index (χ1) is 5.95. The van der Waals surface area contributed by atoms with Gasteiger partial charge in [-0.25, -0.2) is 0 Å². The average Bonchev–Trinajstić information content (AvgIpc) is 2.07. The van der Waals surface area contributed by atoms with Gasteiger partial charge < -0.3 is 0 Å². The maximum atomic E-state index is 10.6. The quantitative estimate of drug-likeness (QED) is 0.515. The molecule has 0 saturated heterocycles. The van der Waals surface area contributed by atoms with E-state index in [0.717, 1.165) is 16.7 Å². The Balaban J connectivity index is 3.50. The summed E-state index contributed by atoms with van der Waals surface area (Å²) in [6, 6.07) is 1.50. The van der Waals surface area contributed by atoms with Crippen LogP contribution < -0.4 is 0 Å². The SMILES string of the molecule is Cc1cc([N+](=O)[O-])c(Cl)c(C)c1C. The molecule has 0 aliphatic heterocycles. The Morgan fingerprint density at radius 1 is 1.31 bits per heavy atom. The summed E-state index contributed by atoms with van der Waals surface area (Å²) in [6.45, 7) is 5.53. The number of halogens is 1. The second-order valence-corrected chi connectivity index (χ2v) is 3.41. The van der Waals surface area contributed by atoms with E-state index in [9.17, 15) is 10.1 Å². The van der Waals surface area contributed by atoms with Crippen molar-refractivity contribution in [3.05, 3.63) is 37.9 Å². The van der Waals surface area contributed by atoms with Gasteiger partial charge in [0.25, 0.3) is 5.69 Å². The van der Waals surface area contributed by atoms with Crippen LogP contribution in [0.4, 0.5) is 5.69 Å². The van der Waals surface area contributed by atoms with E-state index in [2.05, 4.69) is 0 Å². The highest BCUT2D eigenvalue weighted by atomic mass is 35.5. The van der Waals surface area contributed by atoms with E-state index in [1.807, 2.05) is 13.8 Å². The van der Waals surface area contributed by atoms with Gasteiger partial charge in [-0.05, 0) is 37.5 Å². The van der Waals surface area contributed by atoms with Gasteiger partial charge >= 0.3 is 0 Å². The van der Waals surface area contributed by atoms with Gasteiger partial charge in [-0.2, -0.15) is 0 Å². The molecule has 13 heavy (non-hydrogen) atoms. The molecular formula is C9H10ClNO2. The molecule has 1 aromatic rings. The van der Waals surface area contributed by atoms with E-state index in [1.54, 1.807) is 6.92 Å². The minimum absolute atomic E-state index is 0.0118. The zero-order valence-corrected chi connectivity index (χ0v) is 8.47. The molecule has 0 heterocycles. The predicted molar refractivity (Wildman–Crippen MR) is 52.3 cm³/mol. The number of benzene rings is 1. The Hall–Kier alpha value is -1.09. The molecule has 0 fully saturated rings. The molecule has 4 heteroatoms. The van der Waals surface area contributed by atoms with E-state index in [0.29, 0.717) is 0 Å². The van der Waals surface area contributed by atoms with Crippen molar-refractivity contribution in [1.29, 1.82) is 0 Å². The topological polar surface area (TPSA) is 43.1 Å². The Morgan fingerprint density at radius 3 is 2.31 bits per heavy atom. The number of hydrogen-bond acceptors (Lipinski definition) is 2. The third kappa shape index (κ3) is 1.65. The molecular weight excluding hydrogens is 190 g/mol. The molecule has 3 nitrogen and oxygen atoms in total. The fourth-order valence-electron chi connectivity index (χ4n) is 1.16. The monoisotopic (exact) mass is 199 g/mol. The van der Waals surface area contributed by atoms with Crippen LogP contribution in [-0.2, 0) is 0 Å². The summed E-state index contributed by atoms with van der Waals surface area (Å²) in [4.78, 5) is 10.1. The van der Waals surface area contributed by atoms with Crippen molar-refractivity contribution in [3.8, 4) is 0 Å². The molecule has 0 aliphatic carbocycles. The maximum Gasteiger partial charge on any atom is 0.288 e. The van der Waals surface area contributed by atoms with E-state index < -0.39 is 4.92 Å². The molecule has 1 rings (SSSR count). The molecule has 0 radical (unpaired) electrons. The van der Waals surface area contributed by atoms with Crippen LogP contribution in [0.2, 0.25) is 5.02 Å². The Morgan fingerprint density at radius 2 is 1.85 bits per heavy atom. The zero-order chi connectivity index (χ0) is 10.2. The summed E-state index contributed by atoms with van der Waals surface area (Å²) in [7, 11) is 0. The van der Waals surface area contributed by atoms with E-state index in [4.69, 9.17) is 11.6 Å². The van der Waals surface area contributed by atoms with E-state index in [-0.39, 0.29) is 10.7 Å². The van der Waals surface area contributed by atoms with Gasteiger partial charge in [-0.15, -0.1) is 0 Å². The first-order valence-corrected chi connectivity index (χ1v) is 4.23. The van der Waals surface area contributed by atoms with Crippen molar-refractivity contribution in [2.24, 2.45) is 0 Å². The highest BCUT2D eigenvalue weighted by Gasteiger charge is 2.16. The Labute approximate surface area is 81.5 Å². The molecule has 1 aromatic carbocycles. The first kappa shape index (κ1) is 9.99. The second kappa shape index (κ2) is 3.34. The molecule has 0 atom stereocenters. The standard InChI is InChI=1S/C9H10ClNO2/c1-5-4-8(11(12)13)9(10)7(3)6(5)2/h4H,1-3H3. The van der Waals surface area contributed by atoms with Crippen molar-refractivity contribution in [1.82, 2.24) is 0 Å². The summed E-state index contributed by atoms with van der Waals surface area (Å²) in [5.74, 6) is 0. The average molecular weight is 200 g/mol. The Bertz CT molecular complexity index is 374. The van der Waals surface area contributed by atoms with Gasteiger partial charge in [0.15, 0.2) is 0 Å². The molecule has 0 spiro atoms. The summed E-state index contributed by atoms with van der Waals surface area (Å²) in [5, 5.41) is 10.8. The third-order valence-corrected chi connectivity index (χ3v) is 2.74. The smallest absolute Gasteiger partial charge is 0.258 e. The fraction of sp³-hybridized carbons (Fsp3) is 0.333. The van der Waals surface area contributed by atoms with Crippen LogP contribution in [0.3, 0.4) is 0 Å². The molecule has 0 N–H and O–H groups in total. The van der Waals surface area contributed by atoms with Crippen molar-refractivity contribution in [2.75, 3.05) is 0 Å². The van der Waals surface area contributed by atoms with Crippen LogP contribution in [0, 0.1) is 30.9 Å². The molecule has 0 aliphatic rings. The maximum absolute atomic E-state index is 10.6. The lowest BCUT2D eigenvalue weighted by Gasteiger charge is -2.06. The predicted octanol–water partition coefficient (Wildman–Crippen LogP) is 3.17. The Kier molecular flexibility index (Phi) is 2.57. The molecule has 0 saturated carbocycles. The normalized spacial score (nSPS) is 10.2. The summed E-state index contributed by atoms with van der Waals surface area (Å²) in [6.07, 6.45) is 0. The van der Waals surface area contributed by atoms with Crippen LogP contribution in [0.5, 0.6) is 0 Å². The largest absolute Gasteiger partial charge is 0.288 e. The minimum atomic E-state index is -0.457. The molecule has 0 bridgehead atoms. The third-order valence-electron chi connectivity index (χ3n) is 2.26. The van der Waals surface area contributed by atoms with Gasteiger partial charge in [0.05, 0.1) is 4.92 Å². The van der Waals surface area contributed by atoms with Crippen LogP contribution >= 0.6 is 11.6 Å². The van der Waals surface area contributed by atoms with Crippen LogP contribution in [0.15, 0.2) is 6.07 Å². The van der Waals surface area contributed by atoms with Gasteiger partial charge in [0, 0.05) is 6.07 Å². The summed E-state index contributed by atoms with van der Waals surface area (Å²) in [5.41, 5.74) is 2.68. The summed E-state index contributed by atoms with van der Waals surface area (Å²) >= 11 is 5.82. The van der Waals surface area contributed by atoms with Crippen molar-refractivity contribution >= 4 is 17.3 Å². The lowest BCUT2D eigenvalue weighted by Crippen LogP contribution is -1.95. The van der Waals surface area contributed by atoms with Gasteiger partial charge in [-0.3, -0.25) is 10.1 Å². The van der Waals surface area contributed by atoms with Crippen LogP contribution in [0.1, 0.15) is 16.7 Å². The lowest BCUT2D eigenvalue weighted by atomic mass is 10.0. The number of hydrogen-bond donors (Lipinski definition) is 0. The van der Waals surface area contributed by atoms with Crippen molar-refractivity contribution in [3.63, 3.8) is 0 Å². The number of nitro benzene ring substituents is 1. The van der Waals surface area contributed by atoms with Crippen LogP contribution in [-0.4, -0.2) is 4.92 Å². The van der Waals surface area contributed by atoms with E-state index in [1.165, 1.54) is 6.07 Å². The van der Waals surface area contributed by atoms with Gasteiger partial charge in [0.2, 0.25) is 0 Å². The van der Waals surface area contributed by atoms with Crippen molar-refractivity contribution < 1.29 is 4.92 Å². The first-order valence-electron chi connectivity index (χ1n) is 3.86. The fourth-order valence-corrected chi connectivity index (χ4v) is 1.43. The van der Waals surface area contributed by atoms with Crippen molar-refractivity contribution in [2.45, 2.75) is 20.8 Å². The zero-order valence-electron chi connectivity index (χ0n) is 7.72. The molecule has 0 aromatic heterocycles. The number of aryl methyl sites for hydroxylation is 1. The number of nitrogens with zero attached hydrogens (tertiary/aromatic N) is 1. The number of rotatable bonds is 1. The highest BCUT2D eigenvalue weighted by molar-refractivity contribution is 6.33. The molecule has 0 amide bonds. The lowest BCUT2D eigenvalue weighted by molar-refractivity contribution is -0.384. The van der Waals surface area contributed by atoms with Crippen LogP contribution in [0.25, 0.3) is 0 Å². The molecule has 0 unspecified atom stereocenters. The van der Waals surface area contributed by atoms with Gasteiger partial charge in [0.1, 0.15) is 5.02 Å². The van der Waals surface area contributed by atoms with Gasteiger partial charge in [-0.1, -0.05) is 11.6 Å². The minimum Gasteiger partial charge on any atom is -0.258 e. The number of nitro groups is 1.